The average Bonchev–Trinajstić information content (AvgIpc) is 3.11. The fourth-order valence-electron chi connectivity index (χ4n) is 11.7. The summed E-state index contributed by atoms with van der Waals surface area (Å²) >= 11 is 0. The number of rotatable bonds is 3. The van der Waals surface area contributed by atoms with Crippen LogP contribution in [0.5, 0.6) is 0 Å². The highest BCUT2D eigenvalue weighted by atomic mass is 16.5. The molecule has 0 bridgehead atoms. The van der Waals surface area contributed by atoms with Gasteiger partial charge in [0, 0.05) is 18.8 Å². The Bertz CT molecular complexity index is 1120. The van der Waals surface area contributed by atoms with Gasteiger partial charge < -0.3 is 9.84 Å². The second kappa shape index (κ2) is 8.19. The van der Waals surface area contributed by atoms with E-state index in [0.29, 0.717) is 12.3 Å². The molecule has 8 atom stereocenters. The molecule has 212 valence electrons. The maximum Gasteiger partial charge on any atom is 0.314 e. The molecule has 4 fully saturated rings. The van der Waals surface area contributed by atoms with Crippen LogP contribution in [0.25, 0.3) is 0 Å². The molecule has 0 radical (unpaired) electrons. The number of allylic oxidation sites excluding steroid dienone is 1. The number of fused-ring (bicyclic) bond motifs is 7. The molecular formula is C33H50O5. The molecule has 1 N–H and O–H groups in total. The molecule has 38 heavy (non-hydrogen) atoms. The molecule has 0 unspecified atom stereocenters. The zero-order chi connectivity index (χ0) is 28.3. The van der Waals surface area contributed by atoms with Gasteiger partial charge in [0.2, 0.25) is 0 Å². The van der Waals surface area contributed by atoms with Crippen LogP contribution >= 0.6 is 0 Å². The largest absolute Gasteiger partial charge is 0.481 e. The lowest BCUT2D eigenvalue weighted by Gasteiger charge is -2.76. The Hall–Kier alpha value is -1.65. The molecule has 5 heteroatoms. The van der Waals surface area contributed by atoms with Crippen LogP contribution in [-0.2, 0) is 19.1 Å². The van der Waals surface area contributed by atoms with E-state index in [9.17, 15) is 19.5 Å². The Kier molecular flexibility index (Phi) is 6.02. The SMILES string of the molecule is CC(=O)O[C@H]1CC[C@@]2(C)[C@@H](CC[C@]3(C)[C@]2(C)CC[C@@H]2C4=C(C(C)C)C(=O)C[C@]4(C(=O)O)CC[C@]23C)C1(C)C. The average molecular weight is 527 g/mol. The number of esters is 1. The van der Waals surface area contributed by atoms with Gasteiger partial charge in [0.25, 0.3) is 0 Å². The minimum atomic E-state index is -1.00. The summed E-state index contributed by atoms with van der Waals surface area (Å²) in [5, 5.41) is 10.6. The van der Waals surface area contributed by atoms with Crippen molar-refractivity contribution in [3.8, 4) is 0 Å². The van der Waals surface area contributed by atoms with Crippen molar-refractivity contribution in [1.82, 2.24) is 0 Å². The predicted molar refractivity (Wildman–Crippen MR) is 147 cm³/mol. The highest BCUT2D eigenvalue weighted by Crippen LogP contribution is 2.81. The molecule has 4 saturated carbocycles. The summed E-state index contributed by atoms with van der Waals surface area (Å²) < 4.78 is 5.89. The molecule has 0 heterocycles. The van der Waals surface area contributed by atoms with Gasteiger partial charge in [0.1, 0.15) is 6.10 Å². The van der Waals surface area contributed by atoms with Crippen molar-refractivity contribution >= 4 is 17.7 Å². The van der Waals surface area contributed by atoms with Gasteiger partial charge in [0.15, 0.2) is 5.78 Å². The molecule has 0 amide bonds. The van der Waals surface area contributed by atoms with E-state index < -0.39 is 11.4 Å². The number of carboxylic acid groups (broad SMARTS) is 1. The van der Waals surface area contributed by atoms with Gasteiger partial charge in [-0.1, -0.05) is 55.4 Å². The van der Waals surface area contributed by atoms with Gasteiger partial charge in [-0.3, -0.25) is 14.4 Å². The van der Waals surface area contributed by atoms with Crippen LogP contribution in [0.4, 0.5) is 0 Å². The summed E-state index contributed by atoms with van der Waals surface area (Å²) in [6, 6.07) is 0. The fourth-order valence-corrected chi connectivity index (χ4v) is 11.7. The first-order valence-electron chi connectivity index (χ1n) is 15.1. The lowest BCUT2D eigenvalue weighted by molar-refractivity contribution is -0.277. The Labute approximate surface area is 229 Å². The van der Waals surface area contributed by atoms with Gasteiger partial charge in [-0.25, -0.2) is 0 Å². The van der Waals surface area contributed by atoms with Crippen molar-refractivity contribution < 1.29 is 24.2 Å². The van der Waals surface area contributed by atoms with Gasteiger partial charge in [-0.05, 0) is 102 Å². The van der Waals surface area contributed by atoms with Crippen LogP contribution in [0.3, 0.4) is 0 Å². The van der Waals surface area contributed by atoms with E-state index in [-0.39, 0.29) is 63.2 Å². The number of hydrogen-bond donors (Lipinski definition) is 1. The van der Waals surface area contributed by atoms with E-state index in [1.165, 1.54) is 6.92 Å². The van der Waals surface area contributed by atoms with E-state index in [1.54, 1.807) is 0 Å². The van der Waals surface area contributed by atoms with Gasteiger partial charge >= 0.3 is 11.9 Å². The van der Waals surface area contributed by atoms with Crippen LogP contribution in [0.15, 0.2) is 11.1 Å². The lowest BCUT2D eigenvalue weighted by Crippen LogP contribution is -2.70. The van der Waals surface area contributed by atoms with Gasteiger partial charge in [-0.15, -0.1) is 0 Å². The summed E-state index contributed by atoms with van der Waals surface area (Å²) in [7, 11) is 0. The molecule has 0 saturated heterocycles. The second-order valence-electron chi connectivity index (χ2n) is 15.6. The van der Waals surface area contributed by atoms with Crippen molar-refractivity contribution in [1.29, 1.82) is 0 Å². The number of aliphatic carboxylic acids is 1. The summed E-state index contributed by atoms with van der Waals surface area (Å²) in [6.07, 6.45) is 7.64. The zero-order valence-electron chi connectivity index (χ0n) is 25.3. The Morgan fingerprint density at radius 1 is 0.868 bits per heavy atom. The molecule has 0 aromatic rings. The minimum absolute atomic E-state index is 0.0178. The van der Waals surface area contributed by atoms with Crippen molar-refractivity contribution in [2.24, 2.45) is 50.2 Å². The third kappa shape index (κ3) is 3.08. The van der Waals surface area contributed by atoms with Crippen molar-refractivity contribution in [2.75, 3.05) is 0 Å². The van der Waals surface area contributed by atoms with E-state index >= 15 is 0 Å². The number of ether oxygens (including phenoxy) is 1. The number of carboxylic acids is 1. The Balaban J connectivity index is 1.62. The number of ketones is 1. The number of carbonyl (C=O) groups excluding carboxylic acids is 2. The first kappa shape index (κ1) is 27.9. The van der Waals surface area contributed by atoms with Crippen molar-refractivity contribution in [3.05, 3.63) is 11.1 Å². The monoisotopic (exact) mass is 526 g/mol. The van der Waals surface area contributed by atoms with Crippen molar-refractivity contribution in [3.63, 3.8) is 0 Å². The topological polar surface area (TPSA) is 80.7 Å². The Morgan fingerprint density at radius 2 is 1.47 bits per heavy atom. The first-order chi connectivity index (χ1) is 17.4. The molecule has 5 nitrogen and oxygen atoms in total. The van der Waals surface area contributed by atoms with E-state index in [1.807, 2.05) is 0 Å². The molecule has 0 spiro atoms. The zero-order valence-corrected chi connectivity index (χ0v) is 25.3. The third-order valence-electron chi connectivity index (χ3n) is 14.1. The van der Waals surface area contributed by atoms with Crippen LogP contribution in [0.1, 0.15) is 120 Å². The molecule has 0 aromatic heterocycles. The standard InChI is InChI=1S/C33H50O5/c1-19(2)25-22(35)18-33(27(36)37)17-16-29(6)21(26(25)33)10-14-32(9)30(7)13-12-24(38-20(3)34)28(4,5)23(30)11-15-31(29,32)8/h19,21,23-24H,10-18H2,1-9H3,(H,36,37)/t21-,23+,24+,29-,30+,31+,32-,33-/m1/s1. The third-order valence-corrected chi connectivity index (χ3v) is 14.1. The summed E-state index contributed by atoms with van der Waals surface area (Å²) in [5.41, 5.74) is 0.848. The first-order valence-corrected chi connectivity index (χ1v) is 15.1. The maximum atomic E-state index is 13.4. The van der Waals surface area contributed by atoms with Crippen LogP contribution < -0.4 is 0 Å². The van der Waals surface area contributed by atoms with Crippen molar-refractivity contribution in [2.45, 2.75) is 126 Å². The Morgan fingerprint density at radius 3 is 2.05 bits per heavy atom. The highest BCUT2D eigenvalue weighted by molar-refractivity contribution is 6.05. The molecule has 5 rings (SSSR count). The van der Waals surface area contributed by atoms with Gasteiger partial charge in [-0.2, -0.15) is 0 Å². The molecule has 0 aromatic carbocycles. The summed E-state index contributed by atoms with van der Waals surface area (Å²) in [4.78, 5) is 38.2. The molecule has 5 aliphatic carbocycles. The smallest absolute Gasteiger partial charge is 0.314 e. The minimum Gasteiger partial charge on any atom is -0.481 e. The van der Waals surface area contributed by atoms with Crippen LogP contribution in [-0.4, -0.2) is 28.9 Å². The predicted octanol–water partition coefficient (Wildman–Crippen LogP) is 7.37. The fraction of sp³-hybridized carbons (Fsp3) is 0.848. The van der Waals surface area contributed by atoms with E-state index in [2.05, 4.69) is 55.4 Å². The van der Waals surface area contributed by atoms with Crippen LogP contribution in [0.2, 0.25) is 0 Å². The van der Waals surface area contributed by atoms with Crippen LogP contribution in [0, 0.1) is 50.2 Å². The summed E-state index contributed by atoms with van der Waals surface area (Å²) in [6.45, 7) is 20.3. The number of carbonyl (C=O) groups is 3. The quantitative estimate of drug-likeness (QED) is 0.388. The van der Waals surface area contributed by atoms with Gasteiger partial charge in [0.05, 0.1) is 5.41 Å². The maximum absolute atomic E-state index is 13.4. The number of hydrogen-bond acceptors (Lipinski definition) is 4. The second-order valence-corrected chi connectivity index (χ2v) is 15.6. The molecule has 5 aliphatic rings. The highest BCUT2D eigenvalue weighted by Gasteiger charge is 2.75. The molecule has 0 aliphatic heterocycles. The van der Waals surface area contributed by atoms with E-state index in [0.717, 1.165) is 56.1 Å². The normalized spacial score (nSPS) is 47.6. The van der Waals surface area contributed by atoms with E-state index in [4.69, 9.17) is 4.74 Å². The lowest BCUT2D eigenvalue weighted by atomic mass is 9.28. The number of Topliss-reactive ketones (excluding diaryl/α,β-unsaturated/α-hetero) is 1. The summed E-state index contributed by atoms with van der Waals surface area (Å²) in [5.74, 6) is -0.269. The molecular weight excluding hydrogens is 476 g/mol.